The van der Waals surface area contributed by atoms with E-state index in [-0.39, 0.29) is 0 Å². The summed E-state index contributed by atoms with van der Waals surface area (Å²) in [5.41, 5.74) is 1.92. The lowest BCUT2D eigenvalue weighted by molar-refractivity contribution is 0.112. The summed E-state index contributed by atoms with van der Waals surface area (Å²) in [4.78, 5) is 10.3. The summed E-state index contributed by atoms with van der Waals surface area (Å²) in [5, 5.41) is 3.03. The van der Waals surface area contributed by atoms with Crippen LogP contribution < -0.4 is 5.32 Å². The summed E-state index contributed by atoms with van der Waals surface area (Å²) in [6, 6.07) is 7.53. The van der Waals surface area contributed by atoms with Crippen LogP contribution >= 0.6 is 0 Å². The molecule has 0 radical (unpaired) electrons. The van der Waals surface area contributed by atoms with E-state index in [1.807, 2.05) is 31.3 Å². The van der Waals surface area contributed by atoms with E-state index in [2.05, 4.69) is 5.32 Å². The van der Waals surface area contributed by atoms with E-state index in [0.717, 1.165) is 18.4 Å². The largest absolute Gasteiger partial charge is 0.316 e. The number of carbonyl (C=O) groups is 1. The Morgan fingerprint density at radius 3 is 2.45 bits per heavy atom. The Kier molecular flexibility index (Phi) is 2.81. The summed E-state index contributed by atoms with van der Waals surface area (Å²) in [6.45, 7) is 0.846. The maximum atomic E-state index is 10.3. The van der Waals surface area contributed by atoms with E-state index < -0.39 is 0 Å². The third-order valence-electron chi connectivity index (χ3n) is 1.50. The van der Waals surface area contributed by atoms with Crippen molar-refractivity contribution < 1.29 is 4.79 Å². The van der Waals surface area contributed by atoms with Crippen molar-refractivity contribution in [2.24, 2.45) is 0 Å². The highest BCUT2D eigenvalue weighted by Crippen LogP contribution is 2.01. The van der Waals surface area contributed by atoms with E-state index >= 15 is 0 Å². The van der Waals surface area contributed by atoms with Crippen LogP contribution in [-0.4, -0.2) is 13.3 Å². The van der Waals surface area contributed by atoms with Crippen molar-refractivity contribution in [2.75, 3.05) is 7.05 Å². The first-order valence-corrected chi connectivity index (χ1v) is 3.55. The summed E-state index contributed by atoms with van der Waals surface area (Å²) in [6.07, 6.45) is 0.850. The molecule has 0 aliphatic rings. The zero-order valence-electron chi connectivity index (χ0n) is 6.50. The molecule has 11 heavy (non-hydrogen) atoms. The molecule has 0 fully saturated rings. The molecule has 0 amide bonds. The van der Waals surface area contributed by atoms with Crippen molar-refractivity contribution in [2.45, 2.75) is 6.54 Å². The molecule has 58 valence electrons. The number of benzene rings is 1. The normalized spacial score (nSPS) is 9.55. The lowest BCUT2D eigenvalue weighted by Gasteiger charge is -1.98. The second-order valence-electron chi connectivity index (χ2n) is 2.39. The van der Waals surface area contributed by atoms with Gasteiger partial charge in [0.1, 0.15) is 6.29 Å². The van der Waals surface area contributed by atoms with E-state index in [0.29, 0.717) is 0 Å². The molecule has 0 saturated carbocycles. The molecule has 0 bridgehead atoms. The number of hydrogen-bond donors (Lipinski definition) is 1. The Morgan fingerprint density at radius 2 is 2.00 bits per heavy atom. The first kappa shape index (κ1) is 7.95. The maximum Gasteiger partial charge on any atom is 0.150 e. The number of rotatable bonds is 3. The van der Waals surface area contributed by atoms with E-state index in [1.165, 1.54) is 5.56 Å². The molecule has 1 aromatic rings. The predicted octanol–water partition coefficient (Wildman–Crippen LogP) is 1.22. The van der Waals surface area contributed by atoms with Crippen molar-refractivity contribution in [1.29, 1.82) is 0 Å². The summed E-state index contributed by atoms with van der Waals surface area (Å²) in [7, 11) is 1.90. The minimum Gasteiger partial charge on any atom is -0.316 e. The molecule has 0 spiro atoms. The van der Waals surface area contributed by atoms with Crippen LogP contribution in [-0.2, 0) is 6.54 Å². The van der Waals surface area contributed by atoms with E-state index in [1.54, 1.807) is 0 Å². The predicted molar refractivity (Wildman–Crippen MR) is 44.6 cm³/mol. The van der Waals surface area contributed by atoms with Gasteiger partial charge in [0.05, 0.1) is 0 Å². The zero-order chi connectivity index (χ0) is 8.10. The highest BCUT2D eigenvalue weighted by Gasteiger charge is 1.90. The maximum absolute atomic E-state index is 10.3. The number of carbonyl (C=O) groups excluding carboxylic acids is 1. The van der Waals surface area contributed by atoms with E-state index in [4.69, 9.17) is 0 Å². The number of hydrogen-bond acceptors (Lipinski definition) is 2. The van der Waals surface area contributed by atoms with Gasteiger partial charge in [-0.05, 0) is 12.6 Å². The van der Waals surface area contributed by atoms with Crippen LogP contribution in [0, 0.1) is 0 Å². The van der Waals surface area contributed by atoms with Crippen molar-refractivity contribution in [1.82, 2.24) is 5.32 Å². The summed E-state index contributed by atoms with van der Waals surface area (Å²) >= 11 is 0. The third-order valence-corrected chi connectivity index (χ3v) is 1.50. The molecule has 1 aromatic carbocycles. The van der Waals surface area contributed by atoms with Crippen LogP contribution in [0.1, 0.15) is 15.9 Å². The average Bonchev–Trinajstić information content (AvgIpc) is 2.07. The van der Waals surface area contributed by atoms with Crippen molar-refractivity contribution in [3.63, 3.8) is 0 Å². The van der Waals surface area contributed by atoms with Gasteiger partial charge in [-0.25, -0.2) is 0 Å². The third kappa shape index (κ3) is 2.16. The van der Waals surface area contributed by atoms with Gasteiger partial charge in [-0.2, -0.15) is 0 Å². The molecular formula is C9H11NO. The number of aldehydes is 1. The van der Waals surface area contributed by atoms with Gasteiger partial charge in [-0.1, -0.05) is 24.3 Å². The number of nitrogens with one attached hydrogen (secondary N) is 1. The lowest BCUT2D eigenvalue weighted by Crippen LogP contribution is -2.04. The zero-order valence-corrected chi connectivity index (χ0v) is 6.50. The smallest absolute Gasteiger partial charge is 0.150 e. The van der Waals surface area contributed by atoms with Gasteiger partial charge in [0.25, 0.3) is 0 Å². The minimum atomic E-state index is 0.727. The first-order valence-electron chi connectivity index (χ1n) is 3.55. The molecule has 2 nitrogen and oxygen atoms in total. The monoisotopic (exact) mass is 149 g/mol. The molecule has 0 atom stereocenters. The van der Waals surface area contributed by atoms with Gasteiger partial charge in [-0.15, -0.1) is 0 Å². The SMILES string of the molecule is CNCc1ccc(C=O)cc1. The molecule has 0 saturated heterocycles. The Balaban J connectivity index is 2.74. The molecule has 1 N–H and O–H groups in total. The Labute approximate surface area is 66.2 Å². The molecule has 0 aliphatic carbocycles. The van der Waals surface area contributed by atoms with Crippen LogP contribution in [0.4, 0.5) is 0 Å². The highest BCUT2D eigenvalue weighted by atomic mass is 16.1. The molecule has 1 rings (SSSR count). The average molecular weight is 149 g/mol. The van der Waals surface area contributed by atoms with Gasteiger partial charge >= 0.3 is 0 Å². The van der Waals surface area contributed by atoms with Gasteiger partial charge in [0.2, 0.25) is 0 Å². The molecule has 0 unspecified atom stereocenters. The summed E-state index contributed by atoms with van der Waals surface area (Å²) in [5.74, 6) is 0. The van der Waals surface area contributed by atoms with Crippen LogP contribution in [0.25, 0.3) is 0 Å². The highest BCUT2D eigenvalue weighted by molar-refractivity contribution is 5.74. The Morgan fingerprint density at radius 1 is 1.36 bits per heavy atom. The topological polar surface area (TPSA) is 29.1 Å². The fourth-order valence-corrected chi connectivity index (χ4v) is 0.918. The molecule has 0 heterocycles. The van der Waals surface area contributed by atoms with Crippen LogP contribution in [0.5, 0.6) is 0 Å². The van der Waals surface area contributed by atoms with Crippen molar-refractivity contribution in [3.8, 4) is 0 Å². The second-order valence-corrected chi connectivity index (χ2v) is 2.39. The quantitative estimate of drug-likeness (QED) is 0.655. The van der Waals surface area contributed by atoms with Gasteiger partial charge in [0.15, 0.2) is 0 Å². The molecule has 0 aliphatic heterocycles. The fraction of sp³-hybridized carbons (Fsp3) is 0.222. The van der Waals surface area contributed by atoms with Gasteiger partial charge in [-0.3, -0.25) is 4.79 Å². The van der Waals surface area contributed by atoms with Crippen LogP contribution in [0.3, 0.4) is 0 Å². The molecular weight excluding hydrogens is 138 g/mol. The van der Waals surface area contributed by atoms with Crippen LogP contribution in [0.15, 0.2) is 24.3 Å². The van der Waals surface area contributed by atoms with Gasteiger partial charge < -0.3 is 5.32 Å². The molecule has 2 heteroatoms. The minimum absolute atomic E-state index is 0.727. The second kappa shape index (κ2) is 3.88. The van der Waals surface area contributed by atoms with E-state index in [9.17, 15) is 4.79 Å². The first-order chi connectivity index (χ1) is 5.36. The van der Waals surface area contributed by atoms with Gasteiger partial charge in [0, 0.05) is 12.1 Å². The van der Waals surface area contributed by atoms with Crippen molar-refractivity contribution >= 4 is 6.29 Å². The molecule has 0 aromatic heterocycles. The van der Waals surface area contributed by atoms with Crippen molar-refractivity contribution in [3.05, 3.63) is 35.4 Å². The Bertz CT molecular complexity index is 228. The standard InChI is InChI=1S/C9H11NO/c1-10-6-8-2-4-9(7-11)5-3-8/h2-5,7,10H,6H2,1H3. The Hall–Kier alpha value is -1.15. The fourth-order valence-electron chi connectivity index (χ4n) is 0.918. The van der Waals surface area contributed by atoms with Crippen LogP contribution in [0.2, 0.25) is 0 Å². The lowest BCUT2D eigenvalue weighted by atomic mass is 10.1. The summed E-state index contributed by atoms with van der Waals surface area (Å²) < 4.78 is 0.